The third-order valence-corrected chi connectivity index (χ3v) is 2.70. The van der Waals surface area contributed by atoms with Crippen LogP contribution in [0.2, 0.25) is 0 Å². The van der Waals surface area contributed by atoms with E-state index in [-0.39, 0.29) is 5.92 Å². The summed E-state index contributed by atoms with van der Waals surface area (Å²) in [5, 5.41) is 3.22. The maximum Gasteiger partial charge on any atom is 0.242 e. The van der Waals surface area contributed by atoms with E-state index in [1.54, 1.807) is 7.11 Å². The van der Waals surface area contributed by atoms with Gasteiger partial charge in [-0.1, -0.05) is 20.8 Å². The van der Waals surface area contributed by atoms with E-state index < -0.39 is 0 Å². The summed E-state index contributed by atoms with van der Waals surface area (Å²) in [4.78, 5) is 8.86. The molecule has 1 heterocycles. The first-order chi connectivity index (χ1) is 9.60. The summed E-state index contributed by atoms with van der Waals surface area (Å²) in [6.07, 6.45) is 1.80. The lowest BCUT2D eigenvalue weighted by Crippen LogP contribution is -2.13. The third-order valence-electron chi connectivity index (χ3n) is 2.70. The Kier molecular flexibility index (Phi) is 7.08. The molecule has 0 saturated carbocycles. The second-order valence-corrected chi connectivity index (χ2v) is 4.93. The Hall–Kier alpha value is -1.56. The second-order valence-electron chi connectivity index (χ2n) is 4.93. The van der Waals surface area contributed by atoms with E-state index in [0.717, 1.165) is 25.2 Å². The van der Waals surface area contributed by atoms with E-state index in [9.17, 15) is 0 Å². The molecule has 0 aliphatic carbocycles. The van der Waals surface area contributed by atoms with Crippen LogP contribution < -0.4 is 15.8 Å². The summed E-state index contributed by atoms with van der Waals surface area (Å²) >= 11 is 0. The number of aromatic nitrogens is 2. The quantitative estimate of drug-likeness (QED) is 0.677. The van der Waals surface area contributed by atoms with Crippen molar-refractivity contribution in [2.75, 3.05) is 37.9 Å². The van der Waals surface area contributed by atoms with Gasteiger partial charge in [0.15, 0.2) is 5.82 Å². The van der Waals surface area contributed by atoms with E-state index in [1.165, 1.54) is 0 Å². The first kappa shape index (κ1) is 16.5. The minimum Gasteiger partial charge on any atom is -0.476 e. The molecule has 1 aromatic heterocycles. The Morgan fingerprint density at radius 1 is 1.25 bits per heavy atom. The molecule has 0 unspecified atom stereocenters. The van der Waals surface area contributed by atoms with Gasteiger partial charge in [-0.25, -0.2) is 4.98 Å². The summed E-state index contributed by atoms with van der Waals surface area (Å²) in [5.74, 6) is 2.07. The van der Waals surface area contributed by atoms with Crippen LogP contribution in [0, 0.1) is 0 Å². The Bertz CT molecular complexity index is 410. The van der Waals surface area contributed by atoms with Crippen LogP contribution in [0.3, 0.4) is 0 Å². The first-order valence-electron chi connectivity index (χ1n) is 7.13. The minimum atomic E-state index is 0.221. The lowest BCUT2D eigenvalue weighted by molar-refractivity contribution is 0.197. The topological polar surface area (TPSA) is 82.3 Å². The van der Waals surface area contributed by atoms with E-state index in [4.69, 9.17) is 15.2 Å². The molecule has 0 aromatic carbocycles. The highest BCUT2D eigenvalue weighted by Crippen LogP contribution is 2.28. The molecular formula is C14H26N4O2. The molecule has 0 saturated heterocycles. The van der Waals surface area contributed by atoms with Crippen molar-refractivity contribution in [2.45, 2.75) is 39.5 Å². The van der Waals surface area contributed by atoms with Crippen LogP contribution in [0.1, 0.15) is 45.4 Å². The van der Waals surface area contributed by atoms with Gasteiger partial charge in [0, 0.05) is 26.2 Å². The van der Waals surface area contributed by atoms with E-state index >= 15 is 0 Å². The van der Waals surface area contributed by atoms with E-state index in [0.29, 0.717) is 30.6 Å². The molecule has 6 nitrogen and oxygen atoms in total. The molecule has 6 heteroatoms. The van der Waals surface area contributed by atoms with Crippen molar-refractivity contribution in [3.63, 3.8) is 0 Å². The average Bonchev–Trinajstić information content (AvgIpc) is 2.43. The van der Waals surface area contributed by atoms with E-state index in [2.05, 4.69) is 15.3 Å². The molecule has 0 radical (unpaired) electrons. The fraction of sp³-hybridized carbons (Fsp3) is 0.714. The predicted molar refractivity (Wildman–Crippen MR) is 81.3 cm³/mol. The fourth-order valence-corrected chi connectivity index (χ4v) is 1.59. The molecule has 0 atom stereocenters. The van der Waals surface area contributed by atoms with Gasteiger partial charge in [0.25, 0.3) is 0 Å². The second kappa shape index (κ2) is 8.58. The molecule has 0 aliphatic rings. The number of nitrogens with zero attached hydrogens (tertiary/aromatic N) is 2. The summed E-state index contributed by atoms with van der Waals surface area (Å²) in [6, 6.07) is 0. The lowest BCUT2D eigenvalue weighted by atomic mass is 10.2. The van der Waals surface area contributed by atoms with Crippen LogP contribution in [-0.4, -0.2) is 36.8 Å². The summed E-state index contributed by atoms with van der Waals surface area (Å²) < 4.78 is 10.6. The van der Waals surface area contributed by atoms with Crippen molar-refractivity contribution >= 4 is 11.5 Å². The van der Waals surface area contributed by atoms with Gasteiger partial charge in [0.1, 0.15) is 11.5 Å². The average molecular weight is 282 g/mol. The Labute approximate surface area is 121 Å². The smallest absolute Gasteiger partial charge is 0.242 e. The van der Waals surface area contributed by atoms with Gasteiger partial charge in [0.2, 0.25) is 5.88 Å². The first-order valence-corrected chi connectivity index (χ1v) is 7.13. The number of nitrogen functional groups attached to an aromatic ring is 1. The summed E-state index contributed by atoms with van der Waals surface area (Å²) in [6.45, 7) is 8.19. The maximum atomic E-state index is 6.06. The Morgan fingerprint density at radius 3 is 2.60 bits per heavy atom. The number of methoxy groups -OCH3 is 1. The van der Waals surface area contributed by atoms with Gasteiger partial charge in [0.05, 0.1) is 6.61 Å². The van der Waals surface area contributed by atoms with Crippen molar-refractivity contribution < 1.29 is 9.47 Å². The molecule has 0 spiro atoms. The Morgan fingerprint density at radius 2 is 2.00 bits per heavy atom. The lowest BCUT2D eigenvalue weighted by Gasteiger charge is -2.15. The number of nitrogens with one attached hydrogen (secondary N) is 1. The maximum absolute atomic E-state index is 6.06. The van der Waals surface area contributed by atoms with Crippen molar-refractivity contribution in [3.05, 3.63) is 5.82 Å². The van der Waals surface area contributed by atoms with Gasteiger partial charge in [-0.3, -0.25) is 0 Å². The summed E-state index contributed by atoms with van der Waals surface area (Å²) in [7, 11) is 1.69. The number of anilines is 2. The van der Waals surface area contributed by atoms with Gasteiger partial charge in [-0.2, -0.15) is 4.98 Å². The zero-order valence-corrected chi connectivity index (χ0v) is 12.9. The molecule has 0 amide bonds. The van der Waals surface area contributed by atoms with Crippen LogP contribution in [0.25, 0.3) is 0 Å². The molecule has 114 valence electrons. The van der Waals surface area contributed by atoms with Crippen molar-refractivity contribution in [3.8, 4) is 5.88 Å². The third kappa shape index (κ3) is 4.85. The van der Waals surface area contributed by atoms with Crippen molar-refractivity contribution in [1.82, 2.24) is 9.97 Å². The van der Waals surface area contributed by atoms with Crippen LogP contribution in [0.15, 0.2) is 0 Å². The highest BCUT2D eigenvalue weighted by atomic mass is 16.5. The highest BCUT2D eigenvalue weighted by Gasteiger charge is 2.14. The number of hydrogen-bond donors (Lipinski definition) is 2. The van der Waals surface area contributed by atoms with Crippen molar-refractivity contribution in [1.29, 1.82) is 0 Å². The molecule has 0 fully saturated rings. The monoisotopic (exact) mass is 282 g/mol. The molecule has 1 aromatic rings. The predicted octanol–water partition coefficient (Wildman–Crippen LogP) is 2.42. The number of hydrogen-bond acceptors (Lipinski definition) is 6. The number of ether oxygens (including phenoxy) is 2. The van der Waals surface area contributed by atoms with Gasteiger partial charge < -0.3 is 20.5 Å². The van der Waals surface area contributed by atoms with Crippen molar-refractivity contribution in [2.24, 2.45) is 0 Å². The highest BCUT2D eigenvalue weighted by molar-refractivity contribution is 5.67. The standard InChI is InChI=1S/C14H26N4O2/c1-5-8-20-14-11(15)13(16-7-6-9-19-4)17-12(18-14)10(2)3/h10H,5-9,15H2,1-4H3,(H,16,17,18). The fourth-order valence-electron chi connectivity index (χ4n) is 1.59. The summed E-state index contributed by atoms with van der Waals surface area (Å²) in [5.41, 5.74) is 6.54. The van der Waals surface area contributed by atoms with Crippen LogP contribution in [0.5, 0.6) is 5.88 Å². The number of rotatable bonds is 9. The molecule has 0 aliphatic heterocycles. The normalized spacial score (nSPS) is 10.8. The van der Waals surface area contributed by atoms with Gasteiger partial charge in [-0.15, -0.1) is 0 Å². The molecule has 3 N–H and O–H groups in total. The number of nitrogens with two attached hydrogens (primary N) is 1. The van der Waals surface area contributed by atoms with Gasteiger partial charge in [-0.05, 0) is 12.8 Å². The largest absolute Gasteiger partial charge is 0.476 e. The molecule has 1 rings (SSSR count). The van der Waals surface area contributed by atoms with Gasteiger partial charge >= 0.3 is 0 Å². The minimum absolute atomic E-state index is 0.221. The zero-order chi connectivity index (χ0) is 15.0. The Balaban J connectivity index is 2.86. The molecular weight excluding hydrogens is 256 g/mol. The molecule has 20 heavy (non-hydrogen) atoms. The van der Waals surface area contributed by atoms with Crippen LogP contribution in [-0.2, 0) is 4.74 Å². The zero-order valence-electron chi connectivity index (χ0n) is 12.9. The van der Waals surface area contributed by atoms with Crippen LogP contribution >= 0.6 is 0 Å². The van der Waals surface area contributed by atoms with E-state index in [1.807, 2.05) is 20.8 Å². The SMILES string of the molecule is CCCOc1nc(C(C)C)nc(NCCCOC)c1N. The molecule has 0 bridgehead atoms. The van der Waals surface area contributed by atoms with Crippen LogP contribution in [0.4, 0.5) is 11.5 Å².